The summed E-state index contributed by atoms with van der Waals surface area (Å²) >= 11 is 0. The smallest absolute Gasteiger partial charge is 0.268 e. The van der Waals surface area contributed by atoms with Gasteiger partial charge in [-0.25, -0.2) is 4.39 Å². The molecule has 1 aromatic rings. The lowest BCUT2D eigenvalue weighted by Gasteiger charge is -2.28. The Morgan fingerprint density at radius 1 is 1.35 bits per heavy atom. The maximum Gasteiger partial charge on any atom is 0.268 e. The van der Waals surface area contributed by atoms with Crippen molar-refractivity contribution in [1.82, 2.24) is 10.6 Å². The van der Waals surface area contributed by atoms with Gasteiger partial charge in [-0.05, 0) is 18.1 Å². The number of amides is 2. The van der Waals surface area contributed by atoms with Gasteiger partial charge in [-0.3, -0.25) is 9.59 Å². The molecule has 0 radical (unpaired) electrons. The van der Waals surface area contributed by atoms with E-state index >= 15 is 0 Å². The Kier molecular flexibility index (Phi) is 4.17. The summed E-state index contributed by atoms with van der Waals surface area (Å²) in [5, 5.41) is 5.22. The van der Waals surface area contributed by atoms with Crippen LogP contribution in [-0.2, 0) is 9.59 Å². The minimum Gasteiger partial charge on any atom is -0.339 e. The third kappa shape index (κ3) is 2.87. The number of piperazine rings is 1. The number of halogens is 1. The zero-order chi connectivity index (χ0) is 14.7. The van der Waals surface area contributed by atoms with Gasteiger partial charge >= 0.3 is 0 Å². The number of carbonyl (C=O) groups excluding carboxylic acids is 2. The highest BCUT2D eigenvalue weighted by Gasteiger charge is 2.32. The fourth-order valence-electron chi connectivity index (χ4n) is 2.04. The molecule has 2 rings (SSSR count). The first kappa shape index (κ1) is 14.2. The van der Waals surface area contributed by atoms with Crippen molar-refractivity contribution in [1.29, 1.82) is 0 Å². The number of nitrogens with one attached hydrogen (secondary N) is 2. The van der Waals surface area contributed by atoms with E-state index in [2.05, 4.69) is 10.6 Å². The van der Waals surface area contributed by atoms with Crippen molar-refractivity contribution in [3.05, 3.63) is 41.3 Å². The van der Waals surface area contributed by atoms with Gasteiger partial charge in [-0.15, -0.1) is 0 Å². The van der Waals surface area contributed by atoms with E-state index in [0.717, 1.165) is 6.42 Å². The molecule has 0 unspecified atom stereocenters. The third-order valence-corrected chi connectivity index (χ3v) is 3.49. The van der Waals surface area contributed by atoms with Crippen molar-refractivity contribution < 1.29 is 14.0 Å². The molecule has 106 valence electrons. The second-order valence-electron chi connectivity index (χ2n) is 4.91. The first-order chi connectivity index (χ1) is 9.52. The lowest BCUT2D eigenvalue weighted by molar-refractivity contribution is -0.132. The maximum atomic E-state index is 13.5. The molecule has 1 aliphatic rings. The van der Waals surface area contributed by atoms with E-state index in [0.29, 0.717) is 0 Å². The molecule has 0 spiro atoms. The molecule has 0 aliphatic carbocycles. The molecule has 2 amide bonds. The standard InChI is InChI=1S/C15H17FN2O2/c1-3-9(2)13-15(20)17-12(14(19)18-13)8-10-6-4-5-7-11(10)16/h4-9,13H,3H2,1-2H3,(H,17,20)(H,18,19)/b12-8+/t9-,13+/m1/s1. The second-order valence-corrected chi connectivity index (χ2v) is 4.91. The van der Waals surface area contributed by atoms with E-state index in [-0.39, 0.29) is 23.1 Å². The zero-order valence-corrected chi connectivity index (χ0v) is 11.4. The first-order valence-electron chi connectivity index (χ1n) is 6.61. The summed E-state index contributed by atoms with van der Waals surface area (Å²) in [6.45, 7) is 3.85. The van der Waals surface area contributed by atoms with Crippen LogP contribution in [0.4, 0.5) is 4.39 Å². The monoisotopic (exact) mass is 276 g/mol. The van der Waals surface area contributed by atoms with Gasteiger partial charge in [0.25, 0.3) is 5.91 Å². The maximum absolute atomic E-state index is 13.5. The van der Waals surface area contributed by atoms with Crippen LogP contribution in [-0.4, -0.2) is 17.9 Å². The molecule has 1 aliphatic heterocycles. The average molecular weight is 276 g/mol. The van der Waals surface area contributed by atoms with Gasteiger partial charge in [0.15, 0.2) is 0 Å². The summed E-state index contributed by atoms with van der Waals surface area (Å²) in [4.78, 5) is 23.9. The number of carbonyl (C=O) groups is 2. The van der Waals surface area contributed by atoms with Gasteiger partial charge in [0.05, 0.1) is 0 Å². The lowest BCUT2D eigenvalue weighted by Crippen LogP contribution is -2.57. The molecule has 1 saturated heterocycles. The Labute approximate surface area is 117 Å². The van der Waals surface area contributed by atoms with Crippen molar-refractivity contribution in [2.45, 2.75) is 26.3 Å². The molecule has 20 heavy (non-hydrogen) atoms. The van der Waals surface area contributed by atoms with Crippen molar-refractivity contribution in [2.75, 3.05) is 0 Å². The fourth-order valence-corrected chi connectivity index (χ4v) is 2.04. The molecule has 0 bridgehead atoms. The Hall–Kier alpha value is -2.17. The zero-order valence-electron chi connectivity index (χ0n) is 11.4. The normalized spacial score (nSPS) is 22.4. The third-order valence-electron chi connectivity index (χ3n) is 3.49. The van der Waals surface area contributed by atoms with Gasteiger partial charge in [0, 0.05) is 5.56 Å². The summed E-state index contributed by atoms with van der Waals surface area (Å²) in [5.41, 5.74) is 0.333. The Bertz CT molecular complexity index is 569. The topological polar surface area (TPSA) is 58.2 Å². The number of hydrogen-bond acceptors (Lipinski definition) is 2. The van der Waals surface area contributed by atoms with Crippen LogP contribution in [0.1, 0.15) is 25.8 Å². The molecule has 0 saturated carbocycles. The van der Waals surface area contributed by atoms with E-state index in [1.807, 2.05) is 13.8 Å². The van der Waals surface area contributed by atoms with Gasteiger partial charge in [-0.1, -0.05) is 38.5 Å². The van der Waals surface area contributed by atoms with Crippen LogP contribution in [0.2, 0.25) is 0 Å². The van der Waals surface area contributed by atoms with E-state index in [9.17, 15) is 14.0 Å². The van der Waals surface area contributed by atoms with E-state index in [1.54, 1.807) is 18.2 Å². The first-order valence-corrected chi connectivity index (χ1v) is 6.61. The van der Waals surface area contributed by atoms with Crippen molar-refractivity contribution >= 4 is 17.9 Å². The fraction of sp³-hybridized carbons (Fsp3) is 0.333. The highest BCUT2D eigenvalue weighted by Crippen LogP contribution is 2.16. The Balaban J connectivity index is 2.23. The Morgan fingerprint density at radius 2 is 2.05 bits per heavy atom. The lowest BCUT2D eigenvalue weighted by atomic mass is 9.96. The highest BCUT2D eigenvalue weighted by molar-refractivity contribution is 6.07. The predicted octanol–water partition coefficient (Wildman–Crippen LogP) is 1.83. The van der Waals surface area contributed by atoms with E-state index in [1.165, 1.54) is 12.1 Å². The molecule has 4 nitrogen and oxygen atoms in total. The van der Waals surface area contributed by atoms with E-state index < -0.39 is 17.8 Å². The SMILES string of the molecule is CC[C@@H](C)[C@@H]1NC(=O)/C(=C\c2ccccc2F)NC1=O. The summed E-state index contributed by atoms with van der Waals surface area (Å²) in [6.07, 6.45) is 2.13. The predicted molar refractivity (Wildman–Crippen MR) is 73.9 cm³/mol. The largest absolute Gasteiger partial charge is 0.339 e. The van der Waals surface area contributed by atoms with Gasteiger partial charge in [-0.2, -0.15) is 0 Å². The molecule has 0 aromatic heterocycles. The summed E-state index contributed by atoms with van der Waals surface area (Å²) < 4.78 is 13.5. The number of rotatable bonds is 3. The summed E-state index contributed by atoms with van der Waals surface area (Å²) in [6, 6.07) is 5.54. The molecule has 2 atom stereocenters. The minimum atomic E-state index is -0.537. The molecule has 1 aromatic carbocycles. The molecule has 1 heterocycles. The van der Waals surface area contributed by atoms with Crippen molar-refractivity contribution in [3.63, 3.8) is 0 Å². The van der Waals surface area contributed by atoms with Gasteiger partial charge in [0.2, 0.25) is 5.91 Å². The van der Waals surface area contributed by atoms with Gasteiger partial charge in [0.1, 0.15) is 17.6 Å². The van der Waals surface area contributed by atoms with Crippen LogP contribution < -0.4 is 10.6 Å². The number of hydrogen-bond donors (Lipinski definition) is 2. The molecular weight excluding hydrogens is 259 g/mol. The van der Waals surface area contributed by atoms with Crippen LogP contribution in [0.15, 0.2) is 30.0 Å². The minimum absolute atomic E-state index is 0.0500. The molecular formula is C15H17FN2O2. The van der Waals surface area contributed by atoms with E-state index in [4.69, 9.17) is 0 Å². The molecule has 2 N–H and O–H groups in total. The van der Waals surface area contributed by atoms with Crippen molar-refractivity contribution in [3.8, 4) is 0 Å². The second kappa shape index (κ2) is 5.86. The summed E-state index contributed by atoms with van der Waals surface area (Å²) in [7, 11) is 0. The van der Waals surface area contributed by atoms with Crippen molar-refractivity contribution in [2.24, 2.45) is 5.92 Å². The van der Waals surface area contributed by atoms with Crippen LogP contribution in [0.3, 0.4) is 0 Å². The molecule has 1 fully saturated rings. The van der Waals surface area contributed by atoms with Crippen LogP contribution >= 0.6 is 0 Å². The van der Waals surface area contributed by atoms with Crippen LogP contribution in [0.25, 0.3) is 6.08 Å². The van der Waals surface area contributed by atoms with Gasteiger partial charge < -0.3 is 10.6 Å². The number of benzene rings is 1. The Morgan fingerprint density at radius 3 is 2.70 bits per heavy atom. The quantitative estimate of drug-likeness (QED) is 0.827. The summed E-state index contributed by atoms with van der Waals surface area (Å²) in [5.74, 6) is -1.04. The van der Waals surface area contributed by atoms with Crippen LogP contribution in [0, 0.1) is 11.7 Å². The van der Waals surface area contributed by atoms with Crippen LogP contribution in [0.5, 0.6) is 0 Å². The highest BCUT2D eigenvalue weighted by atomic mass is 19.1. The average Bonchev–Trinajstić information content (AvgIpc) is 2.44. The molecule has 5 heteroatoms.